The van der Waals surface area contributed by atoms with E-state index in [2.05, 4.69) is 6.07 Å². The normalized spacial score (nSPS) is 31.2. The van der Waals surface area contributed by atoms with Gasteiger partial charge in [-0.05, 0) is 19.4 Å². The van der Waals surface area contributed by atoms with Crippen LogP contribution < -0.4 is 0 Å². The Kier molecular flexibility index (Phi) is 5.71. The number of unbranched alkanes of at least 4 members (excludes halogenated alkanes) is 2. The Morgan fingerprint density at radius 2 is 2.00 bits per heavy atom. The molecule has 3 atom stereocenters. The van der Waals surface area contributed by atoms with Crippen LogP contribution in [0.3, 0.4) is 0 Å². The summed E-state index contributed by atoms with van der Waals surface area (Å²) in [6.07, 6.45) is 0.731. The van der Waals surface area contributed by atoms with Crippen LogP contribution >= 0.6 is 0 Å². The molecule has 1 aliphatic rings. The molecule has 0 saturated carbocycles. The van der Waals surface area contributed by atoms with Crippen LogP contribution in [0.4, 0.5) is 0 Å². The summed E-state index contributed by atoms with van der Waals surface area (Å²) in [4.78, 5) is 2.04. The Labute approximate surface area is 95.9 Å². The molecule has 5 heteroatoms. The second kappa shape index (κ2) is 6.81. The van der Waals surface area contributed by atoms with Crippen LogP contribution in [0, 0.1) is 17.2 Å². The van der Waals surface area contributed by atoms with Crippen LogP contribution in [0.1, 0.15) is 19.3 Å². The Bertz CT molecular complexity index is 242. The van der Waals surface area contributed by atoms with E-state index in [1.807, 2.05) is 4.90 Å². The predicted molar refractivity (Wildman–Crippen MR) is 58.5 cm³/mol. The van der Waals surface area contributed by atoms with E-state index in [1.165, 1.54) is 0 Å². The zero-order valence-corrected chi connectivity index (χ0v) is 9.42. The summed E-state index contributed by atoms with van der Waals surface area (Å²) < 4.78 is 0. The van der Waals surface area contributed by atoms with E-state index in [0.717, 1.165) is 19.4 Å². The lowest BCUT2D eigenvalue weighted by molar-refractivity contribution is -0.0861. The highest BCUT2D eigenvalue weighted by Crippen LogP contribution is 2.17. The van der Waals surface area contributed by atoms with Crippen molar-refractivity contribution in [2.45, 2.75) is 31.5 Å². The number of piperidine rings is 1. The Balaban J connectivity index is 2.30. The molecule has 16 heavy (non-hydrogen) atoms. The molecule has 1 rings (SSSR count). The van der Waals surface area contributed by atoms with Crippen LogP contribution in [-0.2, 0) is 0 Å². The highest BCUT2D eigenvalue weighted by atomic mass is 16.3. The van der Waals surface area contributed by atoms with Gasteiger partial charge in [0, 0.05) is 32.0 Å². The fourth-order valence-corrected chi connectivity index (χ4v) is 2.09. The molecule has 0 aromatic heterocycles. The number of aliphatic hydroxyl groups is 3. The second-order valence-electron chi connectivity index (χ2n) is 4.38. The third-order valence-corrected chi connectivity index (χ3v) is 3.06. The maximum absolute atomic E-state index is 9.60. The Morgan fingerprint density at radius 1 is 1.25 bits per heavy atom. The molecule has 0 amide bonds. The summed E-state index contributed by atoms with van der Waals surface area (Å²) in [6, 6.07) is 2.09. The smallest absolute Gasteiger partial charge is 0.0929 e. The van der Waals surface area contributed by atoms with Crippen molar-refractivity contribution in [1.29, 1.82) is 5.26 Å². The molecule has 0 radical (unpaired) electrons. The number of hydrogen-bond donors (Lipinski definition) is 3. The van der Waals surface area contributed by atoms with Crippen molar-refractivity contribution in [1.82, 2.24) is 4.90 Å². The van der Waals surface area contributed by atoms with Gasteiger partial charge >= 0.3 is 0 Å². The Morgan fingerprint density at radius 3 is 2.62 bits per heavy atom. The number of aliphatic hydroxyl groups excluding tert-OH is 3. The topological polar surface area (TPSA) is 87.7 Å². The first-order valence-electron chi connectivity index (χ1n) is 5.75. The molecule has 5 nitrogen and oxygen atoms in total. The summed E-state index contributed by atoms with van der Waals surface area (Å²) in [6.45, 7) is 1.76. The van der Waals surface area contributed by atoms with Crippen LogP contribution in [0.15, 0.2) is 0 Å². The van der Waals surface area contributed by atoms with Crippen LogP contribution in [0.2, 0.25) is 0 Å². The minimum atomic E-state index is -0.819. The zero-order chi connectivity index (χ0) is 12.0. The first kappa shape index (κ1) is 13.4. The van der Waals surface area contributed by atoms with Crippen molar-refractivity contribution in [2.24, 2.45) is 5.92 Å². The molecule has 0 aliphatic carbocycles. The van der Waals surface area contributed by atoms with E-state index in [-0.39, 0.29) is 12.5 Å². The van der Waals surface area contributed by atoms with Crippen LogP contribution in [-0.4, -0.2) is 58.7 Å². The lowest BCUT2D eigenvalue weighted by atomic mass is 9.93. The highest BCUT2D eigenvalue weighted by Gasteiger charge is 2.33. The summed E-state index contributed by atoms with van der Waals surface area (Å²) >= 11 is 0. The molecule has 0 aromatic carbocycles. The second-order valence-corrected chi connectivity index (χ2v) is 4.38. The molecule has 1 saturated heterocycles. The fourth-order valence-electron chi connectivity index (χ4n) is 2.09. The minimum absolute atomic E-state index is 0.104. The van der Waals surface area contributed by atoms with E-state index >= 15 is 0 Å². The minimum Gasteiger partial charge on any atom is -0.396 e. The van der Waals surface area contributed by atoms with Gasteiger partial charge in [-0.15, -0.1) is 0 Å². The summed E-state index contributed by atoms with van der Waals surface area (Å²) in [5.74, 6) is -0.264. The molecule has 3 N–H and O–H groups in total. The first-order valence-corrected chi connectivity index (χ1v) is 5.75. The maximum Gasteiger partial charge on any atom is 0.0929 e. The average molecular weight is 228 g/mol. The maximum atomic E-state index is 9.60. The van der Waals surface area contributed by atoms with Gasteiger partial charge in [0.2, 0.25) is 0 Å². The summed E-state index contributed by atoms with van der Waals surface area (Å²) in [7, 11) is 0. The number of nitrogens with zero attached hydrogens (tertiary/aromatic N) is 2. The molecule has 1 aliphatic heterocycles. The van der Waals surface area contributed by atoms with Crippen molar-refractivity contribution in [3.8, 4) is 6.07 Å². The number of likely N-dealkylation sites (tertiary alicyclic amines) is 1. The van der Waals surface area contributed by atoms with Crippen molar-refractivity contribution < 1.29 is 15.3 Å². The van der Waals surface area contributed by atoms with Crippen molar-refractivity contribution in [2.75, 3.05) is 26.2 Å². The van der Waals surface area contributed by atoms with E-state index in [9.17, 15) is 10.2 Å². The molecule has 92 valence electrons. The van der Waals surface area contributed by atoms with Gasteiger partial charge in [0.1, 0.15) is 0 Å². The van der Waals surface area contributed by atoms with Gasteiger partial charge in [0.25, 0.3) is 0 Å². The van der Waals surface area contributed by atoms with Crippen molar-refractivity contribution in [3.63, 3.8) is 0 Å². The zero-order valence-electron chi connectivity index (χ0n) is 9.42. The van der Waals surface area contributed by atoms with E-state index in [4.69, 9.17) is 10.4 Å². The molecule has 1 fully saturated rings. The molecular formula is C11H20N2O3. The van der Waals surface area contributed by atoms with Crippen LogP contribution in [0.5, 0.6) is 0 Å². The van der Waals surface area contributed by atoms with Crippen molar-refractivity contribution >= 4 is 0 Å². The largest absolute Gasteiger partial charge is 0.396 e. The number of rotatable bonds is 5. The highest BCUT2D eigenvalue weighted by molar-refractivity contribution is 4.86. The summed E-state index contributed by atoms with van der Waals surface area (Å²) in [5.41, 5.74) is 0. The molecule has 1 heterocycles. The fraction of sp³-hybridized carbons (Fsp3) is 0.909. The molecule has 0 bridgehead atoms. The third kappa shape index (κ3) is 3.72. The van der Waals surface area contributed by atoms with Gasteiger partial charge in [-0.2, -0.15) is 5.26 Å². The third-order valence-electron chi connectivity index (χ3n) is 3.06. The van der Waals surface area contributed by atoms with E-state index in [0.29, 0.717) is 19.5 Å². The van der Waals surface area contributed by atoms with Crippen LogP contribution in [0.25, 0.3) is 0 Å². The van der Waals surface area contributed by atoms with E-state index in [1.54, 1.807) is 0 Å². The molecular weight excluding hydrogens is 208 g/mol. The predicted octanol–water partition coefficient (Wildman–Crippen LogP) is -0.674. The monoisotopic (exact) mass is 228 g/mol. The summed E-state index contributed by atoms with van der Waals surface area (Å²) in [5, 5.41) is 36.6. The first-order chi connectivity index (χ1) is 7.69. The standard InChI is InChI=1S/C11H20N2O3/c12-4-2-1-3-5-13-6-9(8-14)11(16)10(15)7-13/h9-11,14-16H,1-3,5-8H2/t9-,10-,11-/m1/s1. The van der Waals surface area contributed by atoms with Gasteiger partial charge in [-0.25, -0.2) is 0 Å². The number of nitriles is 1. The Hall–Kier alpha value is -0.670. The molecule has 0 aromatic rings. The van der Waals surface area contributed by atoms with Gasteiger partial charge in [-0.3, -0.25) is 0 Å². The van der Waals surface area contributed by atoms with Gasteiger partial charge in [0.15, 0.2) is 0 Å². The lowest BCUT2D eigenvalue weighted by Crippen LogP contribution is -2.53. The van der Waals surface area contributed by atoms with E-state index < -0.39 is 12.2 Å². The van der Waals surface area contributed by atoms with Gasteiger partial charge < -0.3 is 20.2 Å². The average Bonchev–Trinajstić information content (AvgIpc) is 2.29. The lowest BCUT2D eigenvalue weighted by Gasteiger charge is -2.38. The SMILES string of the molecule is N#CCCCCN1C[C@H](CO)[C@@H](O)[C@H](O)C1. The molecule has 0 spiro atoms. The number of β-amino-alcohol motifs (C(OH)–C–C–N with tert-alkyl or cyclic N) is 1. The van der Waals surface area contributed by atoms with Crippen molar-refractivity contribution in [3.05, 3.63) is 0 Å². The van der Waals surface area contributed by atoms with Gasteiger partial charge in [0.05, 0.1) is 18.3 Å². The molecule has 0 unspecified atom stereocenters. The number of hydrogen-bond acceptors (Lipinski definition) is 5. The quantitative estimate of drug-likeness (QED) is 0.543. The van der Waals surface area contributed by atoms with Gasteiger partial charge in [-0.1, -0.05) is 0 Å².